The summed E-state index contributed by atoms with van der Waals surface area (Å²) >= 11 is 0. The molecule has 0 N–H and O–H groups in total. The summed E-state index contributed by atoms with van der Waals surface area (Å²) in [4.78, 5) is 12.5. The molecule has 2 rings (SSSR count). The Morgan fingerprint density at radius 1 is 1.05 bits per heavy atom. The highest BCUT2D eigenvalue weighted by atomic mass is 16.1. The standard InChI is InChI=1S/C19H28O/c1-3-5-6-16-9-13-18(14-10-16)19(20)17-11-7-15(4-2)8-12-17/h7-8,11-12,16,18H,3-6,9-10,13-14H2,1-2H3. The predicted molar refractivity (Wildman–Crippen MR) is 85.1 cm³/mol. The quantitative estimate of drug-likeness (QED) is 0.631. The molecule has 20 heavy (non-hydrogen) atoms. The molecule has 0 aliphatic heterocycles. The van der Waals surface area contributed by atoms with Crippen LogP contribution < -0.4 is 0 Å². The number of rotatable bonds is 6. The van der Waals surface area contributed by atoms with Gasteiger partial charge in [-0.3, -0.25) is 4.79 Å². The minimum Gasteiger partial charge on any atom is -0.294 e. The summed E-state index contributed by atoms with van der Waals surface area (Å²) in [7, 11) is 0. The van der Waals surface area contributed by atoms with E-state index < -0.39 is 0 Å². The smallest absolute Gasteiger partial charge is 0.165 e. The van der Waals surface area contributed by atoms with E-state index in [9.17, 15) is 4.79 Å². The third-order valence-corrected chi connectivity index (χ3v) is 4.83. The van der Waals surface area contributed by atoms with Crippen LogP contribution in [0.5, 0.6) is 0 Å². The van der Waals surface area contributed by atoms with Crippen molar-refractivity contribution in [1.82, 2.24) is 0 Å². The predicted octanol–water partition coefficient (Wildman–Crippen LogP) is 5.43. The average Bonchev–Trinajstić information content (AvgIpc) is 2.53. The van der Waals surface area contributed by atoms with Gasteiger partial charge in [-0.25, -0.2) is 0 Å². The molecule has 1 aromatic rings. The summed E-state index contributed by atoms with van der Waals surface area (Å²) in [6.45, 7) is 4.41. The van der Waals surface area contributed by atoms with E-state index >= 15 is 0 Å². The molecule has 0 heterocycles. The molecule has 1 saturated carbocycles. The summed E-state index contributed by atoms with van der Waals surface area (Å²) in [5, 5.41) is 0. The maximum atomic E-state index is 12.5. The molecule has 1 aliphatic carbocycles. The van der Waals surface area contributed by atoms with Crippen LogP contribution in [0.25, 0.3) is 0 Å². The van der Waals surface area contributed by atoms with Crippen LogP contribution in [0.4, 0.5) is 0 Å². The van der Waals surface area contributed by atoms with Crippen LogP contribution in [0.3, 0.4) is 0 Å². The topological polar surface area (TPSA) is 17.1 Å². The number of aryl methyl sites for hydroxylation is 1. The minimum absolute atomic E-state index is 0.278. The molecule has 0 amide bonds. The SMILES string of the molecule is CCCCC1CCC(C(=O)c2ccc(CC)cc2)CC1. The second-order valence-corrected chi connectivity index (χ2v) is 6.27. The van der Waals surface area contributed by atoms with E-state index in [1.165, 1.54) is 37.7 Å². The number of benzene rings is 1. The molecule has 0 atom stereocenters. The van der Waals surface area contributed by atoms with Crippen LogP contribution in [-0.2, 0) is 6.42 Å². The maximum absolute atomic E-state index is 12.5. The van der Waals surface area contributed by atoms with E-state index in [0.717, 1.165) is 30.7 Å². The molecule has 1 heteroatoms. The first kappa shape index (κ1) is 15.3. The monoisotopic (exact) mass is 272 g/mol. The number of carbonyl (C=O) groups is 1. The van der Waals surface area contributed by atoms with Crippen molar-refractivity contribution < 1.29 is 4.79 Å². The summed E-state index contributed by atoms with van der Waals surface area (Å²) in [6.07, 6.45) is 9.75. The van der Waals surface area contributed by atoms with Crippen LogP contribution in [0.15, 0.2) is 24.3 Å². The van der Waals surface area contributed by atoms with Gasteiger partial charge in [-0.2, -0.15) is 0 Å². The molecular weight excluding hydrogens is 244 g/mol. The van der Waals surface area contributed by atoms with Gasteiger partial charge in [0.15, 0.2) is 5.78 Å². The van der Waals surface area contributed by atoms with Crippen LogP contribution in [0.2, 0.25) is 0 Å². The fraction of sp³-hybridized carbons (Fsp3) is 0.632. The van der Waals surface area contributed by atoms with Gasteiger partial charge in [0.2, 0.25) is 0 Å². The van der Waals surface area contributed by atoms with E-state index in [2.05, 4.69) is 26.0 Å². The lowest BCUT2D eigenvalue weighted by molar-refractivity contribution is 0.0869. The fourth-order valence-electron chi connectivity index (χ4n) is 3.35. The van der Waals surface area contributed by atoms with Gasteiger partial charge in [-0.1, -0.05) is 57.4 Å². The summed E-state index contributed by atoms with van der Waals surface area (Å²) in [5.41, 5.74) is 2.23. The number of unbranched alkanes of at least 4 members (excludes halogenated alkanes) is 1. The zero-order chi connectivity index (χ0) is 14.4. The Hall–Kier alpha value is -1.11. The number of carbonyl (C=O) groups excluding carboxylic acids is 1. The third kappa shape index (κ3) is 3.94. The lowest BCUT2D eigenvalue weighted by atomic mass is 9.77. The molecule has 110 valence electrons. The first-order valence-corrected chi connectivity index (χ1v) is 8.37. The van der Waals surface area contributed by atoms with Crippen LogP contribution in [0.1, 0.15) is 74.7 Å². The number of Topliss-reactive ketones (excluding diaryl/α,β-unsaturated/α-hetero) is 1. The molecule has 0 spiro atoms. The van der Waals surface area contributed by atoms with Gasteiger partial charge in [-0.15, -0.1) is 0 Å². The van der Waals surface area contributed by atoms with Crippen LogP contribution >= 0.6 is 0 Å². The van der Waals surface area contributed by atoms with Gasteiger partial charge in [0.1, 0.15) is 0 Å². The number of hydrogen-bond acceptors (Lipinski definition) is 1. The Morgan fingerprint density at radius 3 is 2.25 bits per heavy atom. The van der Waals surface area contributed by atoms with E-state index in [1.807, 2.05) is 12.1 Å². The first-order valence-electron chi connectivity index (χ1n) is 8.37. The van der Waals surface area contributed by atoms with E-state index in [-0.39, 0.29) is 5.92 Å². The van der Waals surface area contributed by atoms with Gasteiger partial charge in [0.05, 0.1) is 0 Å². The van der Waals surface area contributed by atoms with Gasteiger partial charge in [-0.05, 0) is 43.6 Å². The highest BCUT2D eigenvalue weighted by Gasteiger charge is 2.26. The largest absolute Gasteiger partial charge is 0.294 e. The number of ketones is 1. The van der Waals surface area contributed by atoms with Crippen molar-refractivity contribution in [2.45, 2.75) is 65.2 Å². The average molecular weight is 272 g/mol. The normalized spacial score (nSPS) is 22.7. The van der Waals surface area contributed by atoms with Gasteiger partial charge in [0.25, 0.3) is 0 Å². The highest BCUT2D eigenvalue weighted by Crippen LogP contribution is 2.33. The summed E-state index contributed by atoms with van der Waals surface area (Å²) in [6, 6.07) is 8.23. The van der Waals surface area contributed by atoms with Crippen molar-refractivity contribution in [3.63, 3.8) is 0 Å². The summed E-state index contributed by atoms with van der Waals surface area (Å²) < 4.78 is 0. The zero-order valence-electron chi connectivity index (χ0n) is 13.0. The molecule has 1 nitrogen and oxygen atoms in total. The Balaban J connectivity index is 1.87. The van der Waals surface area contributed by atoms with Crippen molar-refractivity contribution in [3.05, 3.63) is 35.4 Å². The Morgan fingerprint density at radius 2 is 1.70 bits per heavy atom. The molecule has 0 unspecified atom stereocenters. The Bertz CT molecular complexity index is 410. The fourth-order valence-corrected chi connectivity index (χ4v) is 3.35. The van der Waals surface area contributed by atoms with Gasteiger partial charge < -0.3 is 0 Å². The minimum atomic E-state index is 0.278. The first-order chi connectivity index (χ1) is 9.74. The van der Waals surface area contributed by atoms with Crippen LogP contribution in [0, 0.1) is 11.8 Å². The third-order valence-electron chi connectivity index (χ3n) is 4.83. The van der Waals surface area contributed by atoms with Gasteiger partial charge in [0, 0.05) is 11.5 Å². The zero-order valence-corrected chi connectivity index (χ0v) is 13.0. The van der Waals surface area contributed by atoms with Crippen molar-refractivity contribution in [2.75, 3.05) is 0 Å². The molecular formula is C19H28O. The molecule has 1 aromatic carbocycles. The maximum Gasteiger partial charge on any atom is 0.165 e. The second-order valence-electron chi connectivity index (χ2n) is 6.27. The molecule has 0 aromatic heterocycles. The molecule has 0 saturated heterocycles. The van der Waals surface area contributed by atoms with E-state index in [1.54, 1.807) is 0 Å². The highest BCUT2D eigenvalue weighted by molar-refractivity contribution is 5.97. The van der Waals surface area contributed by atoms with Crippen molar-refractivity contribution >= 4 is 5.78 Å². The lowest BCUT2D eigenvalue weighted by Crippen LogP contribution is -2.22. The van der Waals surface area contributed by atoms with E-state index in [4.69, 9.17) is 0 Å². The summed E-state index contributed by atoms with van der Waals surface area (Å²) in [5.74, 6) is 1.53. The van der Waals surface area contributed by atoms with Crippen molar-refractivity contribution in [3.8, 4) is 0 Å². The molecule has 1 aliphatic rings. The van der Waals surface area contributed by atoms with Gasteiger partial charge >= 0.3 is 0 Å². The Labute approximate surface area is 123 Å². The van der Waals surface area contributed by atoms with E-state index in [0.29, 0.717) is 5.78 Å². The molecule has 0 radical (unpaired) electrons. The lowest BCUT2D eigenvalue weighted by Gasteiger charge is -2.27. The van der Waals surface area contributed by atoms with Crippen molar-refractivity contribution in [2.24, 2.45) is 11.8 Å². The van der Waals surface area contributed by atoms with Crippen molar-refractivity contribution in [1.29, 1.82) is 0 Å². The Kier molecular flexibility index (Phi) is 5.82. The second kappa shape index (κ2) is 7.61. The number of hydrogen-bond donors (Lipinski definition) is 0. The van der Waals surface area contributed by atoms with Crippen LogP contribution in [-0.4, -0.2) is 5.78 Å². The molecule has 0 bridgehead atoms. The molecule has 1 fully saturated rings.